The summed E-state index contributed by atoms with van der Waals surface area (Å²) in [5.74, 6) is 0.0963. The van der Waals surface area contributed by atoms with Crippen LogP contribution in [0.1, 0.15) is 46.1 Å². The lowest BCUT2D eigenvalue weighted by molar-refractivity contribution is -0.168. The summed E-state index contributed by atoms with van der Waals surface area (Å²) in [4.78, 5) is 25.1. The van der Waals surface area contributed by atoms with Crippen LogP contribution >= 0.6 is 0 Å². The van der Waals surface area contributed by atoms with Crippen LogP contribution in [0, 0.1) is 10.8 Å². The summed E-state index contributed by atoms with van der Waals surface area (Å²) in [6.45, 7) is 7.53. The number of nitrogens with zero attached hydrogens (tertiary/aromatic N) is 1. The van der Waals surface area contributed by atoms with Crippen molar-refractivity contribution < 1.29 is 19.1 Å². The maximum atomic E-state index is 12.8. The summed E-state index contributed by atoms with van der Waals surface area (Å²) in [6.07, 6.45) is 1.17. The average molecular weight is 344 g/mol. The summed E-state index contributed by atoms with van der Waals surface area (Å²) in [5, 5.41) is 4.20. The zero-order valence-corrected chi connectivity index (χ0v) is 15.3. The highest BCUT2D eigenvalue weighted by atomic mass is 16.6. The summed E-state index contributed by atoms with van der Waals surface area (Å²) in [6, 6.07) is 7.40. The predicted octanol–water partition coefficient (Wildman–Crippen LogP) is 2.66. The molecule has 134 valence electrons. The molecule has 1 aliphatic carbocycles. The normalized spacial score (nSPS) is 30.1. The van der Waals surface area contributed by atoms with Crippen molar-refractivity contribution in [2.75, 3.05) is 7.11 Å². The largest absolute Gasteiger partial charge is 0.497 e. The third-order valence-corrected chi connectivity index (χ3v) is 6.28. The fourth-order valence-electron chi connectivity index (χ4n) is 3.87. The lowest BCUT2D eigenvalue weighted by Gasteiger charge is -2.34. The van der Waals surface area contributed by atoms with Crippen LogP contribution in [0.5, 0.6) is 5.75 Å². The Hall–Kier alpha value is -2.37. The van der Waals surface area contributed by atoms with E-state index in [1.54, 1.807) is 7.11 Å². The third kappa shape index (κ3) is 2.27. The predicted molar refractivity (Wildman–Crippen MR) is 93.3 cm³/mol. The number of fused-ring (bicyclic) bond motifs is 2. The second-order valence-corrected chi connectivity index (χ2v) is 7.54. The molecule has 1 N–H and O–H groups in total. The van der Waals surface area contributed by atoms with E-state index in [4.69, 9.17) is 9.47 Å². The minimum atomic E-state index is -1.15. The molecular formula is C19H24N2O4. The highest BCUT2D eigenvalue weighted by Crippen LogP contribution is 2.65. The van der Waals surface area contributed by atoms with Gasteiger partial charge in [-0.15, -0.1) is 0 Å². The lowest BCUT2D eigenvalue weighted by Crippen LogP contribution is -2.52. The Labute approximate surface area is 147 Å². The molecule has 2 unspecified atom stereocenters. The standard InChI is InChI=1S/C19H24N2O4/c1-12(13-6-8-14(24-5)9-7-13)20-21-15(22)19-11-10-18(4,16(23)25-19)17(19,2)3/h6-9H,10-11H2,1-5H3,(H,21,22)/b20-12+. The molecule has 6 heteroatoms. The maximum Gasteiger partial charge on any atom is 0.313 e. The number of esters is 1. The number of methoxy groups -OCH3 is 1. The van der Waals surface area contributed by atoms with Gasteiger partial charge >= 0.3 is 5.97 Å². The molecule has 2 fully saturated rings. The van der Waals surface area contributed by atoms with Gasteiger partial charge in [0, 0.05) is 5.41 Å². The summed E-state index contributed by atoms with van der Waals surface area (Å²) < 4.78 is 10.7. The number of hydrogen-bond acceptors (Lipinski definition) is 5. The van der Waals surface area contributed by atoms with E-state index >= 15 is 0 Å². The molecular weight excluding hydrogens is 320 g/mol. The van der Waals surface area contributed by atoms with Crippen molar-refractivity contribution in [2.24, 2.45) is 15.9 Å². The molecule has 3 rings (SSSR count). The van der Waals surface area contributed by atoms with Gasteiger partial charge in [0.05, 0.1) is 18.2 Å². The first kappa shape index (κ1) is 17.5. The minimum Gasteiger partial charge on any atom is -0.497 e. The van der Waals surface area contributed by atoms with Gasteiger partial charge in [-0.25, -0.2) is 5.43 Å². The highest BCUT2D eigenvalue weighted by molar-refractivity contribution is 6.01. The van der Waals surface area contributed by atoms with E-state index in [1.807, 2.05) is 52.0 Å². The zero-order chi connectivity index (χ0) is 18.5. The Bertz CT molecular complexity index is 753. The van der Waals surface area contributed by atoms with E-state index in [0.717, 1.165) is 11.3 Å². The molecule has 1 amide bonds. The number of carbonyl (C=O) groups is 2. The average Bonchev–Trinajstić information content (AvgIpc) is 2.89. The van der Waals surface area contributed by atoms with E-state index in [0.29, 0.717) is 18.6 Å². The topological polar surface area (TPSA) is 77.0 Å². The number of amides is 1. The fraction of sp³-hybridized carbons (Fsp3) is 0.526. The van der Waals surface area contributed by atoms with E-state index in [-0.39, 0.29) is 11.9 Å². The molecule has 1 aromatic carbocycles. The van der Waals surface area contributed by atoms with Crippen molar-refractivity contribution >= 4 is 17.6 Å². The second kappa shape index (κ2) is 5.58. The van der Waals surface area contributed by atoms with E-state index in [2.05, 4.69) is 10.5 Å². The number of nitrogens with one attached hydrogen (secondary N) is 1. The quantitative estimate of drug-likeness (QED) is 0.517. The molecule has 2 aliphatic rings. The molecule has 2 bridgehead atoms. The van der Waals surface area contributed by atoms with Gasteiger partial charge in [-0.05, 0) is 56.5 Å². The SMILES string of the molecule is COc1ccc(/C(C)=N/NC(=O)C23CCC(C)(C(=O)O2)C3(C)C)cc1. The van der Waals surface area contributed by atoms with Crippen molar-refractivity contribution in [3.63, 3.8) is 0 Å². The fourth-order valence-corrected chi connectivity index (χ4v) is 3.87. The van der Waals surface area contributed by atoms with E-state index in [1.165, 1.54) is 0 Å². The number of ether oxygens (including phenoxy) is 2. The molecule has 25 heavy (non-hydrogen) atoms. The molecule has 1 saturated heterocycles. The van der Waals surface area contributed by atoms with Crippen LogP contribution < -0.4 is 10.2 Å². The van der Waals surface area contributed by atoms with Gasteiger partial charge in [0.2, 0.25) is 0 Å². The number of hydrazone groups is 1. The zero-order valence-electron chi connectivity index (χ0n) is 15.3. The van der Waals surface area contributed by atoms with Crippen LogP contribution in [0.4, 0.5) is 0 Å². The van der Waals surface area contributed by atoms with E-state index in [9.17, 15) is 9.59 Å². The lowest BCUT2D eigenvalue weighted by atomic mass is 9.66. The molecule has 2 atom stereocenters. The monoisotopic (exact) mass is 344 g/mol. The van der Waals surface area contributed by atoms with Crippen LogP contribution in [0.2, 0.25) is 0 Å². The third-order valence-electron chi connectivity index (χ3n) is 6.28. The maximum absolute atomic E-state index is 12.8. The van der Waals surface area contributed by atoms with Gasteiger partial charge in [-0.3, -0.25) is 9.59 Å². The molecule has 1 saturated carbocycles. The van der Waals surface area contributed by atoms with Crippen LogP contribution in [0.25, 0.3) is 0 Å². The van der Waals surface area contributed by atoms with Gasteiger partial charge in [-0.1, -0.05) is 13.8 Å². The molecule has 0 spiro atoms. The summed E-state index contributed by atoms with van der Waals surface area (Å²) >= 11 is 0. The van der Waals surface area contributed by atoms with Gasteiger partial charge in [0.25, 0.3) is 5.91 Å². The van der Waals surface area contributed by atoms with Crippen molar-refractivity contribution in [1.82, 2.24) is 5.43 Å². The molecule has 6 nitrogen and oxygen atoms in total. The number of carbonyl (C=O) groups excluding carboxylic acids is 2. The van der Waals surface area contributed by atoms with Crippen LogP contribution in [-0.4, -0.2) is 30.3 Å². The Morgan fingerprint density at radius 2 is 1.84 bits per heavy atom. The first-order valence-electron chi connectivity index (χ1n) is 8.40. The first-order chi connectivity index (χ1) is 11.7. The summed E-state index contributed by atoms with van der Waals surface area (Å²) in [5.41, 5.74) is 1.78. The van der Waals surface area contributed by atoms with E-state index < -0.39 is 16.4 Å². The van der Waals surface area contributed by atoms with Crippen molar-refractivity contribution in [1.29, 1.82) is 0 Å². The smallest absolute Gasteiger partial charge is 0.313 e. The molecule has 0 aromatic heterocycles. The Balaban J connectivity index is 1.79. The minimum absolute atomic E-state index is 0.297. The Morgan fingerprint density at radius 3 is 2.32 bits per heavy atom. The Morgan fingerprint density at radius 1 is 1.20 bits per heavy atom. The highest BCUT2D eigenvalue weighted by Gasteiger charge is 2.75. The number of hydrogen-bond donors (Lipinski definition) is 1. The second-order valence-electron chi connectivity index (χ2n) is 7.54. The number of benzene rings is 1. The van der Waals surface area contributed by atoms with Crippen LogP contribution in [0.3, 0.4) is 0 Å². The van der Waals surface area contributed by atoms with Crippen molar-refractivity contribution in [3.05, 3.63) is 29.8 Å². The van der Waals surface area contributed by atoms with Gasteiger partial charge in [0.1, 0.15) is 5.75 Å². The summed E-state index contributed by atoms with van der Waals surface area (Å²) in [7, 11) is 1.61. The molecule has 1 aromatic rings. The van der Waals surface area contributed by atoms with Crippen molar-refractivity contribution in [3.8, 4) is 5.75 Å². The molecule has 1 heterocycles. The number of rotatable bonds is 4. The van der Waals surface area contributed by atoms with Crippen molar-refractivity contribution in [2.45, 2.75) is 46.1 Å². The molecule has 1 aliphatic heterocycles. The van der Waals surface area contributed by atoms with Gasteiger partial charge in [-0.2, -0.15) is 5.10 Å². The van der Waals surface area contributed by atoms with Crippen LogP contribution in [-0.2, 0) is 14.3 Å². The van der Waals surface area contributed by atoms with Gasteiger partial charge < -0.3 is 9.47 Å². The molecule has 0 radical (unpaired) electrons. The Kier molecular flexibility index (Phi) is 3.89. The van der Waals surface area contributed by atoms with Gasteiger partial charge in [0.15, 0.2) is 5.60 Å². The first-order valence-corrected chi connectivity index (χ1v) is 8.40. The van der Waals surface area contributed by atoms with Crippen LogP contribution in [0.15, 0.2) is 29.4 Å².